The number of aromatic nitrogens is 2. The van der Waals surface area contributed by atoms with E-state index >= 15 is 0 Å². The molecule has 0 radical (unpaired) electrons. The minimum absolute atomic E-state index is 0.0106. The van der Waals surface area contributed by atoms with Crippen molar-refractivity contribution < 1.29 is 19.2 Å². The number of benzene rings is 2. The number of furan rings is 1. The summed E-state index contributed by atoms with van der Waals surface area (Å²) in [6, 6.07) is 12.0. The summed E-state index contributed by atoms with van der Waals surface area (Å²) in [5.74, 6) is -0.696. The predicted molar refractivity (Wildman–Crippen MR) is 119 cm³/mol. The fraction of sp³-hybridized carbons (Fsp3) is 0.0833. The Morgan fingerprint density at radius 1 is 1.12 bits per heavy atom. The highest BCUT2D eigenvalue weighted by molar-refractivity contribution is 5.85. The van der Waals surface area contributed by atoms with Crippen molar-refractivity contribution >= 4 is 24.3 Å². The molecule has 0 spiro atoms. The number of rotatable bonds is 5. The van der Waals surface area contributed by atoms with Gasteiger partial charge in [0.1, 0.15) is 11.5 Å². The molecule has 0 fully saturated rings. The molecule has 0 aliphatic carbocycles. The van der Waals surface area contributed by atoms with Crippen LogP contribution >= 0.6 is 0 Å². The zero-order valence-corrected chi connectivity index (χ0v) is 17.7. The van der Waals surface area contributed by atoms with Crippen LogP contribution in [-0.2, 0) is 0 Å². The molecule has 4 aromatic rings. The van der Waals surface area contributed by atoms with Gasteiger partial charge in [-0.25, -0.2) is 4.68 Å². The van der Waals surface area contributed by atoms with Crippen LogP contribution in [0.15, 0.2) is 57.7 Å². The van der Waals surface area contributed by atoms with Crippen LogP contribution in [-0.4, -0.2) is 20.7 Å². The standard InChI is InChI=1S/C24H19N3O6/c1-13-10-20(21(27(31)32)11-14(13)2)22-9-8-18(33-22)12-19-15(3)25-26(23(19)28)17-6-4-16(5-7-17)24(29)30/h4-12,25H,3H2,1-2H3,(H,29,30)/p-1/b19-12-. The largest absolute Gasteiger partial charge is 0.545 e. The van der Waals surface area contributed by atoms with Gasteiger partial charge < -0.3 is 14.3 Å². The van der Waals surface area contributed by atoms with E-state index in [-0.39, 0.29) is 16.5 Å². The highest BCUT2D eigenvalue weighted by Crippen LogP contribution is 2.33. The molecule has 0 aliphatic heterocycles. The highest BCUT2D eigenvalue weighted by atomic mass is 16.6. The monoisotopic (exact) mass is 444 g/mol. The van der Waals surface area contributed by atoms with E-state index in [4.69, 9.17) is 4.42 Å². The number of carboxylic acids is 1. The first-order valence-corrected chi connectivity index (χ1v) is 9.85. The first kappa shape index (κ1) is 21.6. The fourth-order valence-corrected chi connectivity index (χ4v) is 3.44. The molecule has 0 saturated carbocycles. The summed E-state index contributed by atoms with van der Waals surface area (Å²) in [7, 11) is 0. The molecule has 2 aromatic carbocycles. The topological polar surface area (TPSA) is 134 Å². The molecular formula is C24H18N3O6-. The summed E-state index contributed by atoms with van der Waals surface area (Å²) in [6.07, 6.45) is 1.49. The van der Waals surface area contributed by atoms with Crippen molar-refractivity contribution in [2.75, 3.05) is 0 Å². The Bertz CT molecular complexity index is 1570. The second-order valence-corrected chi connectivity index (χ2v) is 7.54. The summed E-state index contributed by atoms with van der Waals surface area (Å²) < 4.78 is 7.03. The Balaban J connectivity index is 1.77. The van der Waals surface area contributed by atoms with Gasteiger partial charge in [-0.2, -0.15) is 0 Å². The number of carboxylic acid groups (broad SMARTS) is 1. The van der Waals surface area contributed by atoms with Gasteiger partial charge >= 0.3 is 0 Å². The first-order valence-electron chi connectivity index (χ1n) is 9.85. The van der Waals surface area contributed by atoms with Crippen molar-refractivity contribution in [1.29, 1.82) is 0 Å². The third kappa shape index (κ3) is 3.99. The van der Waals surface area contributed by atoms with Gasteiger partial charge in [0.25, 0.3) is 11.2 Å². The average Bonchev–Trinajstić information content (AvgIpc) is 3.35. The van der Waals surface area contributed by atoms with E-state index in [9.17, 15) is 24.8 Å². The van der Waals surface area contributed by atoms with Crippen LogP contribution in [0.4, 0.5) is 5.69 Å². The lowest BCUT2D eigenvalue weighted by molar-refractivity contribution is -0.384. The molecule has 0 saturated heterocycles. The van der Waals surface area contributed by atoms with Gasteiger partial charge in [-0.3, -0.25) is 20.0 Å². The summed E-state index contributed by atoms with van der Waals surface area (Å²) >= 11 is 0. The van der Waals surface area contributed by atoms with E-state index in [1.807, 2.05) is 6.92 Å². The lowest BCUT2D eigenvalue weighted by Crippen LogP contribution is -2.33. The van der Waals surface area contributed by atoms with Crippen molar-refractivity contribution in [1.82, 2.24) is 9.78 Å². The highest BCUT2D eigenvalue weighted by Gasteiger charge is 2.19. The number of hydrogen-bond acceptors (Lipinski definition) is 6. The molecule has 9 nitrogen and oxygen atoms in total. The predicted octanol–water partition coefficient (Wildman–Crippen LogP) is 1.55. The van der Waals surface area contributed by atoms with Crippen molar-refractivity contribution in [2.24, 2.45) is 0 Å². The normalized spacial score (nSPS) is 11.6. The van der Waals surface area contributed by atoms with Crippen LogP contribution < -0.4 is 21.2 Å². The van der Waals surface area contributed by atoms with Crippen molar-refractivity contribution in [3.8, 4) is 17.0 Å². The molecule has 0 amide bonds. The van der Waals surface area contributed by atoms with Crippen LogP contribution in [0.3, 0.4) is 0 Å². The molecule has 4 rings (SSSR count). The molecule has 166 valence electrons. The number of nitrogens with one attached hydrogen (secondary N) is 1. The van der Waals surface area contributed by atoms with E-state index in [0.29, 0.717) is 28.1 Å². The number of nitro benzene ring substituents is 1. The first-order chi connectivity index (χ1) is 15.7. The number of nitrogens with zero attached hydrogens (tertiary/aromatic N) is 2. The summed E-state index contributed by atoms with van der Waals surface area (Å²) in [6.45, 7) is 7.50. The average molecular weight is 444 g/mol. The number of aromatic amines is 1. The number of carbonyl (C=O) groups excluding carboxylic acids is 1. The van der Waals surface area contributed by atoms with Gasteiger partial charge in [0.05, 0.1) is 32.7 Å². The fourth-order valence-electron chi connectivity index (χ4n) is 3.44. The molecule has 1 N–H and O–H groups in total. The van der Waals surface area contributed by atoms with Crippen LogP contribution in [0, 0.1) is 24.0 Å². The van der Waals surface area contributed by atoms with E-state index in [1.165, 1.54) is 41.1 Å². The summed E-state index contributed by atoms with van der Waals surface area (Å²) in [5, 5.41) is 25.8. The van der Waals surface area contributed by atoms with Crippen LogP contribution in [0.5, 0.6) is 0 Å². The van der Waals surface area contributed by atoms with E-state index in [2.05, 4.69) is 11.7 Å². The maximum atomic E-state index is 12.9. The van der Waals surface area contributed by atoms with Gasteiger partial charge in [0.2, 0.25) is 0 Å². The Morgan fingerprint density at radius 3 is 2.42 bits per heavy atom. The Labute approximate surface area is 186 Å². The third-order valence-corrected chi connectivity index (χ3v) is 5.35. The number of hydrogen-bond donors (Lipinski definition) is 1. The number of aromatic carboxylic acids is 1. The van der Waals surface area contributed by atoms with E-state index in [0.717, 1.165) is 11.1 Å². The molecular weight excluding hydrogens is 426 g/mol. The number of aryl methyl sites for hydroxylation is 2. The van der Waals surface area contributed by atoms with Crippen LogP contribution in [0.1, 0.15) is 27.2 Å². The van der Waals surface area contributed by atoms with Gasteiger partial charge in [0, 0.05) is 6.07 Å². The van der Waals surface area contributed by atoms with Crippen molar-refractivity contribution in [3.63, 3.8) is 0 Å². The molecule has 33 heavy (non-hydrogen) atoms. The summed E-state index contributed by atoms with van der Waals surface area (Å²) in [5.41, 5.74) is 1.94. The molecule has 9 heteroatoms. The van der Waals surface area contributed by atoms with E-state index < -0.39 is 16.5 Å². The van der Waals surface area contributed by atoms with Crippen LogP contribution in [0.25, 0.3) is 29.7 Å². The zero-order valence-electron chi connectivity index (χ0n) is 17.7. The Kier molecular flexibility index (Phi) is 5.31. The number of nitro groups is 1. The molecule has 0 unspecified atom stereocenters. The minimum Gasteiger partial charge on any atom is -0.545 e. The lowest BCUT2D eigenvalue weighted by atomic mass is 10.0. The molecule has 0 atom stereocenters. The van der Waals surface area contributed by atoms with Gasteiger partial charge in [0.15, 0.2) is 0 Å². The number of H-pyrrole nitrogens is 1. The van der Waals surface area contributed by atoms with Crippen molar-refractivity contribution in [3.05, 3.63) is 102 Å². The van der Waals surface area contributed by atoms with Crippen LogP contribution in [0.2, 0.25) is 0 Å². The Hall–Kier alpha value is -4.66. The van der Waals surface area contributed by atoms with Crippen molar-refractivity contribution in [2.45, 2.75) is 13.8 Å². The smallest absolute Gasteiger partial charge is 0.280 e. The quantitative estimate of drug-likeness (QED) is 0.367. The van der Waals surface area contributed by atoms with E-state index in [1.54, 1.807) is 25.1 Å². The molecule has 0 bridgehead atoms. The summed E-state index contributed by atoms with van der Waals surface area (Å²) in [4.78, 5) is 34.9. The minimum atomic E-state index is -1.31. The molecule has 0 aliphatic rings. The maximum Gasteiger partial charge on any atom is 0.280 e. The molecule has 2 heterocycles. The SMILES string of the molecule is C=c1[nH]n(-c2ccc(C(=O)[O-])cc2)c(=O)/c1=C\c1ccc(-c2cc(C)c(C)cc2[N+](=O)[O-])o1. The Morgan fingerprint density at radius 2 is 1.79 bits per heavy atom. The lowest BCUT2D eigenvalue weighted by Gasteiger charge is -2.04. The van der Waals surface area contributed by atoms with Gasteiger partial charge in [-0.1, -0.05) is 18.7 Å². The molecule has 2 aromatic heterocycles. The maximum absolute atomic E-state index is 12.9. The van der Waals surface area contributed by atoms with Gasteiger partial charge in [-0.05, 0) is 66.9 Å². The third-order valence-electron chi connectivity index (χ3n) is 5.35. The van der Waals surface area contributed by atoms with Gasteiger partial charge in [-0.15, -0.1) is 0 Å². The second-order valence-electron chi connectivity index (χ2n) is 7.54. The zero-order chi connectivity index (χ0) is 23.9. The number of carbonyl (C=O) groups is 1. The second kappa shape index (κ2) is 8.12.